The van der Waals surface area contributed by atoms with Gasteiger partial charge in [0.2, 0.25) is 5.91 Å². The first-order valence-corrected chi connectivity index (χ1v) is 9.22. The van der Waals surface area contributed by atoms with E-state index in [-0.39, 0.29) is 22.8 Å². The average Bonchev–Trinajstić information content (AvgIpc) is 2.45. The van der Waals surface area contributed by atoms with Gasteiger partial charge in [-0.1, -0.05) is 18.6 Å². The van der Waals surface area contributed by atoms with Crippen molar-refractivity contribution in [3.63, 3.8) is 0 Å². The Morgan fingerprint density at radius 3 is 2.65 bits per heavy atom. The molecule has 1 fully saturated rings. The molecular formula is C16H22N2O4S. The van der Waals surface area contributed by atoms with E-state index in [0.29, 0.717) is 17.7 Å². The number of rotatable bonds is 4. The third-order valence-corrected chi connectivity index (χ3v) is 5.10. The molecule has 126 valence electrons. The Kier molecular flexibility index (Phi) is 5.11. The van der Waals surface area contributed by atoms with Gasteiger partial charge in [0.25, 0.3) is 0 Å². The number of carbonyl (C=O) groups is 1. The summed E-state index contributed by atoms with van der Waals surface area (Å²) in [6, 6.07) is 4.83. The third-order valence-electron chi connectivity index (χ3n) is 3.93. The summed E-state index contributed by atoms with van der Waals surface area (Å²) in [5, 5.41) is 0. The SMILES string of the molecule is COc1ccc(S(C)(=O)=O)c(/C=C(\C)C2NNC(=O)CC2C)c1. The van der Waals surface area contributed by atoms with Crippen LogP contribution in [0.3, 0.4) is 0 Å². The number of hydrazine groups is 1. The van der Waals surface area contributed by atoms with Crippen LogP contribution in [0.4, 0.5) is 0 Å². The van der Waals surface area contributed by atoms with Crippen molar-refractivity contribution >= 4 is 21.8 Å². The van der Waals surface area contributed by atoms with Gasteiger partial charge in [-0.05, 0) is 36.6 Å². The number of benzene rings is 1. The van der Waals surface area contributed by atoms with Gasteiger partial charge in [0.15, 0.2) is 9.84 Å². The lowest BCUT2D eigenvalue weighted by atomic mass is 9.90. The highest BCUT2D eigenvalue weighted by atomic mass is 32.2. The molecule has 23 heavy (non-hydrogen) atoms. The van der Waals surface area contributed by atoms with E-state index >= 15 is 0 Å². The van der Waals surface area contributed by atoms with Gasteiger partial charge in [0.05, 0.1) is 18.0 Å². The normalized spacial score (nSPS) is 22.6. The highest BCUT2D eigenvalue weighted by Gasteiger charge is 2.26. The number of sulfone groups is 1. The Morgan fingerprint density at radius 1 is 1.39 bits per heavy atom. The van der Waals surface area contributed by atoms with Gasteiger partial charge in [-0.25, -0.2) is 13.8 Å². The zero-order chi connectivity index (χ0) is 17.2. The molecule has 0 spiro atoms. The predicted molar refractivity (Wildman–Crippen MR) is 88.6 cm³/mol. The zero-order valence-corrected chi connectivity index (χ0v) is 14.5. The fourth-order valence-electron chi connectivity index (χ4n) is 2.76. The van der Waals surface area contributed by atoms with Gasteiger partial charge >= 0.3 is 0 Å². The van der Waals surface area contributed by atoms with Gasteiger partial charge < -0.3 is 4.74 Å². The summed E-state index contributed by atoms with van der Waals surface area (Å²) >= 11 is 0. The van der Waals surface area contributed by atoms with Gasteiger partial charge in [-0.15, -0.1) is 0 Å². The summed E-state index contributed by atoms with van der Waals surface area (Å²) in [5.41, 5.74) is 7.12. The van der Waals surface area contributed by atoms with E-state index in [4.69, 9.17) is 4.74 Å². The summed E-state index contributed by atoms with van der Waals surface area (Å²) < 4.78 is 29.1. The fourth-order valence-corrected chi connectivity index (χ4v) is 3.62. The lowest BCUT2D eigenvalue weighted by Gasteiger charge is -2.30. The highest BCUT2D eigenvalue weighted by Crippen LogP contribution is 2.26. The Balaban J connectivity index is 2.42. The molecule has 1 amide bonds. The lowest BCUT2D eigenvalue weighted by Crippen LogP contribution is -2.53. The minimum Gasteiger partial charge on any atom is -0.497 e. The van der Waals surface area contributed by atoms with Crippen molar-refractivity contribution in [2.45, 2.75) is 31.2 Å². The first-order chi connectivity index (χ1) is 10.7. The van der Waals surface area contributed by atoms with Crippen molar-refractivity contribution in [1.29, 1.82) is 0 Å². The number of hydrogen-bond acceptors (Lipinski definition) is 5. The van der Waals surface area contributed by atoms with Crippen molar-refractivity contribution in [1.82, 2.24) is 10.9 Å². The number of nitrogens with one attached hydrogen (secondary N) is 2. The lowest BCUT2D eigenvalue weighted by molar-refractivity contribution is -0.125. The molecule has 2 N–H and O–H groups in total. The molecule has 7 heteroatoms. The molecule has 0 aliphatic carbocycles. The van der Waals surface area contributed by atoms with Gasteiger partial charge in [-0.3, -0.25) is 10.2 Å². The number of hydrogen-bond donors (Lipinski definition) is 2. The van der Waals surface area contributed by atoms with Crippen molar-refractivity contribution < 1.29 is 17.9 Å². The fraction of sp³-hybridized carbons (Fsp3) is 0.438. The molecule has 0 bridgehead atoms. The summed E-state index contributed by atoms with van der Waals surface area (Å²) in [5.74, 6) is 0.668. The second-order valence-electron chi connectivity index (χ2n) is 5.92. The van der Waals surface area contributed by atoms with E-state index in [2.05, 4.69) is 10.9 Å². The number of amides is 1. The monoisotopic (exact) mass is 338 g/mol. The molecule has 0 aromatic heterocycles. The van der Waals surface area contributed by atoms with Gasteiger partial charge in [0.1, 0.15) is 5.75 Å². The van der Waals surface area contributed by atoms with Crippen LogP contribution in [0.15, 0.2) is 28.7 Å². The molecule has 6 nitrogen and oxygen atoms in total. The van der Waals surface area contributed by atoms with E-state index in [1.165, 1.54) is 13.4 Å². The molecule has 2 atom stereocenters. The maximum Gasteiger partial charge on any atom is 0.234 e. The van der Waals surface area contributed by atoms with Crippen LogP contribution < -0.4 is 15.6 Å². The minimum absolute atomic E-state index is 0.0419. The van der Waals surface area contributed by atoms with Crippen LogP contribution in [0.5, 0.6) is 5.75 Å². The topological polar surface area (TPSA) is 84.5 Å². The van der Waals surface area contributed by atoms with E-state index in [1.807, 2.05) is 19.9 Å². The molecule has 1 aromatic rings. The van der Waals surface area contributed by atoms with Crippen molar-refractivity contribution in [3.05, 3.63) is 29.3 Å². The second kappa shape index (κ2) is 6.72. The number of ether oxygens (including phenoxy) is 1. The molecule has 2 rings (SSSR count). The molecule has 1 aliphatic rings. The smallest absolute Gasteiger partial charge is 0.234 e. The van der Waals surface area contributed by atoms with Crippen LogP contribution in [0.1, 0.15) is 25.8 Å². The summed E-state index contributed by atoms with van der Waals surface area (Å²) in [6.07, 6.45) is 3.44. The van der Waals surface area contributed by atoms with Crippen molar-refractivity contribution in [2.75, 3.05) is 13.4 Å². The maximum absolute atomic E-state index is 12.0. The van der Waals surface area contributed by atoms with Gasteiger partial charge in [0, 0.05) is 12.7 Å². The van der Waals surface area contributed by atoms with Gasteiger partial charge in [-0.2, -0.15) is 0 Å². The quantitative estimate of drug-likeness (QED) is 0.870. The first kappa shape index (κ1) is 17.5. The Hall–Kier alpha value is -1.86. The van der Waals surface area contributed by atoms with E-state index in [1.54, 1.807) is 18.2 Å². The molecule has 2 unspecified atom stereocenters. The van der Waals surface area contributed by atoms with Crippen LogP contribution in [0.25, 0.3) is 6.08 Å². The van der Waals surface area contributed by atoms with E-state index < -0.39 is 9.84 Å². The zero-order valence-electron chi connectivity index (χ0n) is 13.7. The predicted octanol–water partition coefficient (Wildman–Crippen LogP) is 1.53. The molecule has 1 heterocycles. The minimum atomic E-state index is -3.35. The largest absolute Gasteiger partial charge is 0.497 e. The molecule has 0 radical (unpaired) electrons. The molecule has 0 saturated carbocycles. The molecule has 1 aliphatic heterocycles. The summed E-state index contributed by atoms with van der Waals surface area (Å²) in [7, 11) is -1.81. The van der Waals surface area contributed by atoms with Crippen LogP contribution in [0.2, 0.25) is 0 Å². The summed E-state index contributed by atoms with van der Waals surface area (Å²) in [6.45, 7) is 3.90. The Bertz CT molecular complexity index is 740. The van der Waals surface area contributed by atoms with Crippen LogP contribution in [-0.2, 0) is 14.6 Å². The van der Waals surface area contributed by atoms with Crippen molar-refractivity contribution in [2.24, 2.45) is 5.92 Å². The highest BCUT2D eigenvalue weighted by molar-refractivity contribution is 7.90. The molecular weight excluding hydrogens is 316 g/mol. The molecule has 1 saturated heterocycles. The van der Waals surface area contributed by atoms with E-state index in [0.717, 1.165) is 5.57 Å². The number of carbonyl (C=O) groups excluding carboxylic acids is 1. The van der Waals surface area contributed by atoms with Crippen molar-refractivity contribution in [3.8, 4) is 5.75 Å². The first-order valence-electron chi connectivity index (χ1n) is 7.33. The van der Waals surface area contributed by atoms with Crippen LogP contribution in [0, 0.1) is 5.92 Å². The third kappa shape index (κ3) is 4.11. The second-order valence-corrected chi connectivity index (χ2v) is 7.90. The average molecular weight is 338 g/mol. The summed E-state index contributed by atoms with van der Waals surface area (Å²) in [4.78, 5) is 11.6. The standard InChI is InChI=1S/C16H22N2O4S/c1-10(16-11(2)8-15(19)17-18-16)7-12-9-13(22-3)5-6-14(12)23(4,20)21/h5-7,9,11,16,18H,8H2,1-4H3,(H,17,19)/b10-7+. The van der Waals surface area contributed by atoms with E-state index in [9.17, 15) is 13.2 Å². The Labute approximate surface area is 136 Å². The maximum atomic E-state index is 12.0. The number of methoxy groups -OCH3 is 1. The molecule has 1 aromatic carbocycles. The van der Waals surface area contributed by atoms with Crippen LogP contribution >= 0.6 is 0 Å². The Morgan fingerprint density at radius 2 is 2.09 bits per heavy atom. The van der Waals surface area contributed by atoms with Crippen LogP contribution in [-0.4, -0.2) is 33.7 Å².